The molecule has 0 N–H and O–H groups in total. The van der Waals surface area contributed by atoms with E-state index in [1.54, 1.807) is 30.5 Å². The summed E-state index contributed by atoms with van der Waals surface area (Å²) >= 11 is 0. The van der Waals surface area contributed by atoms with Crippen LogP contribution in [0, 0.1) is 0 Å². The van der Waals surface area contributed by atoms with Crippen molar-refractivity contribution in [3.05, 3.63) is 53.2 Å². The number of rotatable bonds is 3. The lowest BCUT2D eigenvalue weighted by molar-refractivity contribution is 0.0274. The zero-order valence-corrected chi connectivity index (χ0v) is 14.3. The number of carbonyl (C=O) groups excluding carboxylic acids is 1. The Hall–Kier alpha value is -2.57. The normalized spacial score (nSPS) is 23.6. The Kier molecular flexibility index (Phi) is 3.80. The van der Waals surface area contributed by atoms with Gasteiger partial charge in [-0.05, 0) is 37.1 Å². The fraction of sp³-hybridized carbons (Fsp3) is 0.350. The van der Waals surface area contributed by atoms with Gasteiger partial charge in [0.1, 0.15) is 24.0 Å². The smallest absolute Gasteiger partial charge is 0.232 e. The van der Waals surface area contributed by atoms with E-state index in [1.165, 1.54) is 0 Å². The summed E-state index contributed by atoms with van der Waals surface area (Å²) in [6.45, 7) is 2.87. The molecule has 3 aliphatic rings. The Morgan fingerprint density at radius 3 is 3.04 bits per heavy atom. The predicted molar refractivity (Wildman–Crippen MR) is 93.0 cm³/mol. The van der Waals surface area contributed by atoms with E-state index in [-0.39, 0.29) is 17.6 Å². The number of allylic oxidation sites excluding steroid dienone is 1. The van der Waals surface area contributed by atoms with E-state index in [1.807, 2.05) is 6.07 Å². The number of nitrogens with zero attached hydrogens (tertiary/aromatic N) is 1. The number of hydrogen-bond acceptors (Lipinski definition) is 6. The summed E-state index contributed by atoms with van der Waals surface area (Å²) in [7, 11) is 0. The van der Waals surface area contributed by atoms with Gasteiger partial charge in [-0.2, -0.15) is 0 Å². The lowest BCUT2D eigenvalue weighted by Gasteiger charge is -2.31. The maximum Gasteiger partial charge on any atom is 0.232 e. The molecule has 1 atom stereocenters. The molecule has 1 aromatic carbocycles. The summed E-state index contributed by atoms with van der Waals surface area (Å²) in [5, 5.41) is 0. The van der Waals surface area contributed by atoms with Gasteiger partial charge in [0.25, 0.3) is 0 Å². The third-order valence-electron chi connectivity index (χ3n) is 4.98. The molecule has 2 aromatic rings. The van der Waals surface area contributed by atoms with Crippen LogP contribution in [0.4, 0.5) is 0 Å². The molecule has 1 saturated heterocycles. The minimum Gasteiger partial charge on any atom is -0.478 e. The van der Waals surface area contributed by atoms with E-state index in [0.717, 1.165) is 37.3 Å². The molecule has 4 heterocycles. The van der Waals surface area contributed by atoms with Crippen molar-refractivity contribution < 1.29 is 23.4 Å². The quantitative estimate of drug-likeness (QED) is 0.790. The monoisotopic (exact) mass is 353 g/mol. The number of ether oxygens (including phenoxy) is 3. The lowest BCUT2D eigenvalue weighted by atomic mass is 10.0. The van der Waals surface area contributed by atoms with Crippen LogP contribution >= 0.6 is 0 Å². The second kappa shape index (κ2) is 6.30. The number of carbonyl (C=O) groups is 1. The lowest BCUT2D eigenvalue weighted by Crippen LogP contribution is -2.37. The summed E-state index contributed by atoms with van der Waals surface area (Å²) in [6.07, 6.45) is 5.65. The zero-order valence-electron chi connectivity index (χ0n) is 14.3. The summed E-state index contributed by atoms with van der Waals surface area (Å²) in [4.78, 5) is 14.9. The average Bonchev–Trinajstić information content (AvgIpc) is 3.39. The number of fused-ring (bicyclic) bond motifs is 3. The number of Topliss-reactive ketones (excluding diaryl/α,β-unsaturated/α-hetero) is 1. The Bertz CT molecular complexity index is 865. The average molecular weight is 353 g/mol. The highest BCUT2D eigenvalue weighted by molar-refractivity contribution is 6.14. The summed E-state index contributed by atoms with van der Waals surface area (Å²) in [5.41, 5.74) is 1.49. The van der Waals surface area contributed by atoms with Crippen molar-refractivity contribution >= 4 is 11.9 Å². The third kappa shape index (κ3) is 2.71. The summed E-state index contributed by atoms with van der Waals surface area (Å²) in [6, 6.07) is 7.19. The van der Waals surface area contributed by atoms with Crippen LogP contribution in [0.2, 0.25) is 0 Å². The molecule has 0 amide bonds. The van der Waals surface area contributed by atoms with E-state index in [0.29, 0.717) is 30.3 Å². The summed E-state index contributed by atoms with van der Waals surface area (Å²) < 4.78 is 22.8. The first-order valence-electron chi connectivity index (χ1n) is 8.88. The minimum atomic E-state index is -0.129. The highest BCUT2D eigenvalue weighted by Gasteiger charge is 2.34. The van der Waals surface area contributed by atoms with Gasteiger partial charge in [0.15, 0.2) is 5.76 Å². The van der Waals surface area contributed by atoms with E-state index in [9.17, 15) is 4.79 Å². The predicted octanol–water partition coefficient (Wildman–Crippen LogP) is 3.23. The molecule has 1 aromatic heterocycles. The van der Waals surface area contributed by atoms with Gasteiger partial charge in [-0.25, -0.2) is 0 Å². The van der Waals surface area contributed by atoms with Gasteiger partial charge < -0.3 is 18.6 Å². The zero-order chi connectivity index (χ0) is 17.5. The molecular weight excluding hydrogens is 334 g/mol. The first-order valence-corrected chi connectivity index (χ1v) is 8.88. The van der Waals surface area contributed by atoms with Crippen LogP contribution in [0.25, 0.3) is 6.08 Å². The molecule has 3 aliphatic heterocycles. The van der Waals surface area contributed by atoms with Crippen LogP contribution in [-0.4, -0.2) is 36.7 Å². The second-order valence-corrected chi connectivity index (χ2v) is 6.79. The van der Waals surface area contributed by atoms with Crippen molar-refractivity contribution in [1.82, 2.24) is 4.90 Å². The van der Waals surface area contributed by atoms with E-state index >= 15 is 0 Å². The molecule has 5 rings (SSSR count). The van der Waals surface area contributed by atoms with Crippen LogP contribution in [-0.2, 0) is 11.3 Å². The van der Waals surface area contributed by atoms with Gasteiger partial charge in [0, 0.05) is 25.8 Å². The standard InChI is InChI=1S/C20H19NO5/c22-19-15-5-6-17-16(11-21(12-25-17)10-14-4-2-8-24-14)20(15)26-18(19)9-13-3-1-7-23-13/h1,3,5-7,9,14H,2,4,8,10-12H2. The fourth-order valence-corrected chi connectivity index (χ4v) is 3.70. The highest BCUT2D eigenvalue weighted by atomic mass is 16.5. The first kappa shape index (κ1) is 15.7. The van der Waals surface area contributed by atoms with Crippen LogP contribution in [0.5, 0.6) is 11.5 Å². The van der Waals surface area contributed by atoms with E-state index in [2.05, 4.69) is 4.90 Å². The molecule has 0 aliphatic carbocycles. The SMILES string of the molecule is O=C1C(=Cc2ccco2)Oc2c1ccc1c2CN(CC2CCCO2)CO1. The van der Waals surface area contributed by atoms with Crippen LogP contribution in [0.3, 0.4) is 0 Å². The molecule has 1 unspecified atom stereocenters. The molecule has 0 radical (unpaired) electrons. The van der Waals surface area contributed by atoms with Crippen LogP contribution in [0.1, 0.15) is 34.5 Å². The molecular formula is C20H19NO5. The van der Waals surface area contributed by atoms with E-state index < -0.39 is 0 Å². The maximum atomic E-state index is 12.7. The van der Waals surface area contributed by atoms with E-state index in [4.69, 9.17) is 18.6 Å². The van der Waals surface area contributed by atoms with Gasteiger partial charge in [-0.15, -0.1) is 0 Å². The number of furan rings is 1. The number of hydrogen-bond donors (Lipinski definition) is 0. The van der Waals surface area contributed by atoms with Crippen LogP contribution in [0.15, 0.2) is 40.7 Å². The van der Waals surface area contributed by atoms with Gasteiger partial charge >= 0.3 is 0 Å². The number of benzene rings is 1. The Balaban J connectivity index is 1.42. The molecule has 6 nitrogen and oxygen atoms in total. The Morgan fingerprint density at radius 1 is 1.27 bits per heavy atom. The number of ketones is 1. The van der Waals surface area contributed by atoms with Crippen molar-refractivity contribution in [3.8, 4) is 11.5 Å². The maximum absolute atomic E-state index is 12.7. The molecule has 0 saturated carbocycles. The van der Waals surface area contributed by atoms with Gasteiger partial charge in [-0.3, -0.25) is 9.69 Å². The van der Waals surface area contributed by atoms with Crippen LogP contribution < -0.4 is 9.47 Å². The van der Waals surface area contributed by atoms with Crippen molar-refractivity contribution in [2.24, 2.45) is 0 Å². The van der Waals surface area contributed by atoms with Gasteiger partial charge in [0.05, 0.1) is 23.5 Å². The molecule has 6 heteroatoms. The van der Waals surface area contributed by atoms with Crippen molar-refractivity contribution in [3.63, 3.8) is 0 Å². The second-order valence-electron chi connectivity index (χ2n) is 6.79. The molecule has 26 heavy (non-hydrogen) atoms. The van der Waals surface area contributed by atoms with Crippen molar-refractivity contribution in [1.29, 1.82) is 0 Å². The Morgan fingerprint density at radius 2 is 2.23 bits per heavy atom. The van der Waals surface area contributed by atoms with Gasteiger partial charge in [-0.1, -0.05) is 0 Å². The summed E-state index contributed by atoms with van der Waals surface area (Å²) in [5.74, 6) is 2.11. The van der Waals surface area contributed by atoms with Gasteiger partial charge in [0.2, 0.25) is 5.78 Å². The first-order chi connectivity index (χ1) is 12.8. The molecule has 0 spiro atoms. The molecule has 1 fully saturated rings. The molecule has 0 bridgehead atoms. The third-order valence-corrected chi connectivity index (χ3v) is 4.98. The minimum absolute atomic E-state index is 0.129. The van der Waals surface area contributed by atoms with Crippen molar-refractivity contribution in [2.75, 3.05) is 19.9 Å². The Labute approximate surface area is 150 Å². The van der Waals surface area contributed by atoms with Crippen molar-refractivity contribution in [2.45, 2.75) is 25.5 Å². The highest BCUT2D eigenvalue weighted by Crippen LogP contribution is 2.42. The topological polar surface area (TPSA) is 61.1 Å². The fourth-order valence-electron chi connectivity index (χ4n) is 3.70. The molecule has 134 valence electrons. The largest absolute Gasteiger partial charge is 0.478 e.